The molecule has 2 aromatic carbocycles. The molecule has 0 atom stereocenters. The Bertz CT molecular complexity index is 846. The summed E-state index contributed by atoms with van der Waals surface area (Å²) in [5.41, 5.74) is 2.60. The molecule has 0 aromatic heterocycles. The van der Waals surface area contributed by atoms with Crippen molar-refractivity contribution < 1.29 is 19.0 Å². The van der Waals surface area contributed by atoms with Crippen molar-refractivity contribution in [2.24, 2.45) is 0 Å². The number of hydrogen-bond acceptors (Lipinski definition) is 3. The van der Waals surface area contributed by atoms with E-state index in [9.17, 15) is 9.18 Å². The first-order chi connectivity index (χ1) is 12.8. The van der Waals surface area contributed by atoms with Gasteiger partial charge in [-0.15, -0.1) is 0 Å². The maximum atomic E-state index is 14.9. The Kier molecular flexibility index (Phi) is 6.42. The molecule has 27 heavy (non-hydrogen) atoms. The zero-order chi connectivity index (χ0) is 19.6. The van der Waals surface area contributed by atoms with E-state index in [0.29, 0.717) is 37.6 Å². The summed E-state index contributed by atoms with van der Waals surface area (Å²) in [6.45, 7) is 2.00. The zero-order valence-corrected chi connectivity index (χ0v) is 18.0. The van der Waals surface area contributed by atoms with Gasteiger partial charge in [0, 0.05) is 11.6 Å². The molecule has 4 nitrogen and oxygen atoms in total. The Hall–Kier alpha value is -1.60. The minimum Gasteiger partial charge on any atom is -0.486 e. The molecule has 1 saturated carbocycles. The van der Waals surface area contributed by atoms with Crippen molar-refractivity contribution in [2.45, 2.75) is 45.3 Å². The SMILES string of the molecule is Cc1cc(COc2c(Br)cc(CC(=O)O)cc2Br)c(F)c(NC2CCC2)c1. The second-order valence-corrected chi connectivity index (χ2v) is 8.51. The lowest BCUT2D eigenvalue weighted by atomic mass is 9.92. The number of carbonyl (C=O) groups is 1. The van der Waals surface area contributed by atoms with Gasteiger partial charge in [-0.25, -0.2) is 4.39 Å². The number of ether oxygens (including phenoxy) is 1. The largest absolute Gasteiger partial charge is 0.486 e. The Morgan fingerprint density at radius 3 is 2.48 bits per heavy atom. The number of aliphatic carboxylic acids is 1. The van der Waals surface area contributed by atoms with Crippen molar-refractivity contribution in [1.29, 1.82) is 0 Å². The first-order valence-corrected chi connectivity index (χ1v) is 10.3. The summed E-state index contributed by atoms with van der Waals surface area (Å²) in [7, 11) is 0. The van der Waals surface area contributed by atoms with Crippen LogP contribution in [0.25, 0.3) is 0 Å². The van der Waals surface area contributed by atoms with Crippen molar-refractivity contribution in [2.75, 3.05) is 5.32 Å². The lowest BCUT2D eigenvalue weighted by molar-refractivity contribution is -0.136. The number of anilines is 1. The van der Waals surface area contributed by atoms with Gasteiger partial charge in [0.25, 0.3) is 0 Å². The molecule has 3 rings (SSSR count). The number of hydrogen-bond donors (Lipinski definition) is 2. The summed E-state index contributed by atoms with van der Waals surface area (Å²) < 4.78 is 21.9. The molecule has 0 amide bonds. The molecule has 7 heteroatoms. The van der Waals surface area contributed by atoms with Gasteiger partial charge in [0.15, 0.2) is 5.82 Å². The second-order valence-electron chi connectivity index (χ2n) is 6.81. The average Bonchev–Trinajstić information content (AvgIpc) is 2.53. The van der Waals surface area contributed by atoms with Gasteiger partial charge in [0.1, 0.15) is 12.4 Å². The molecule has 0 aliphatic heterocycles. The smallest absolute Gasteiger partial charge is 0.307 e. The van der Waals surface area contributed by atoms with Crippen molar-refractivity contribution in [3.63, 3.8) is 0 Å². The van der Waals surface area contributed by atoms with Gasteiger partial charge in [0.05, 0.1) is 21.1 Å². The highest BCUT2D eigenvalue weighted by atomic mass is 79.9. The molecule has 1 fully saturated rings. The van der Waals surface area contributed by atoms with Crippen LogP contribution in [0.1, 0.15) is 36.0 Å². The first-order valence-electron chi connectivity index (χ1n) is 8.71. The molecule has 0 heterocycles. The predicted molar refractivity (Wildman–Crippen MR) is 110 cm³/mol. The van der Waals surface area contributed by atoms with Crippen LogP contribution in [-0.4, -0.2) is 17.1 Å². The third-order valence-electron chi connectivity index (χ3n) is 4.54. The van der Waals surface area contributed by atoms with Crippen LogP contribution in [0.15, 0.2) is 33.2 Å². The van der Waals surface area contributed by atoms with E-state index in [0.717, 1.165) is 18.4 Å². The highest BCUT2D eigenvalue weighted by Gasteiger charge is 2.20. The van der Waals surface area contributed by atoms with Gasteiger partial charge in [-0.2, -0.15) is 0 Å². The van der Waals surface area contributed by atoms with E-state index in [1.807, 2.05) is 13.0 Å². The summed E-state index contributed by atoms with van der Waals surface area (Å²) in [6, 6.07) is 7.35. The second kappa shape index (κ2) is 8.61. The molecule has 1 aliphatic rings. The van der Waals surface area contributed by atoms with Gasteiger partial charge in [-0.3, -0.25) is 4.79 Å². The number of carboxylic acids is 1. The molecule has 0 saturated heterocycles. The van der Waals surface area contributed by atoms with E-state index in [2.05, 4.69) is 37.2 Å². The van der Waals surface area contributed by atoms with Crippen LogP contribution in [0.2, 0.25) is 0 Å². The van der Waals surface area contributed by atoms with Crippen LogP contribution in [-0.2, 0) is 17.8 Å². The highest BCUT2D eigenvalue weighted by Crippen LogP contribution is 2.36. The van der Waals surface area contributed by atoms with Crippen LogP contribution in [0, 0.1) is 12.7 Å². The van der Waals surface area contributed by atoms with Crippen LogP contribution in [0.3, 0.4) is 0 Å². The fraction of sp³-hybridized carbons (Fsp3) is 0.350. The molecular formula is C20H20Br2FNO3. The minimum absolute atomic E-state index is 0.0718. The molecule has 2 N–H and O–H groups in total. The van der Waals surface area contributed by atoms with E-state index in [1.54, 1.807) is 18.2 Å². The molecule has 2 aromatic rings. The number of aryl methyl sites for hydroxylation is 1. The van der Waals surface area contributed by atoms with E-state index in [1.165, 1.54) is 6.42 Å². The van der Waals surface area contributed by atoms with Crippen molar-refractivity contribution in [1.82, 2.24) is 0 Å². The van der Waals surface area contributed by atoms with Gasteiger partial charge in [-0.05, 0) is 93.4 Å². The van der Waals surface area contributed by atoms with Crippen molar-refractivity contribution >= 4 is 43.5 Å². The minimum atomic E-state index is -0.907. The molecular weight excluding hydrogens is 481 g/mol. The zero-order valence-electron chi connectivity index (χ0n) is 14.8. The number of halogens is 3. The lowest BCUT2D eigenvalue weighted by Gasteiger charge is -2.28. The van der Waals surface area contributed by atoms with Crippen LogP contribution in [0.4, 0.5) is 10.1 Å². The molecule has 144 valence electrons. The highest BCUT2D eigenvalue weighted by molar-refractivity contribution is 9.11. The fourth-order valence-electron chi connectivity index (χ4n) is 3.00. The standard InChI is InChI=1S/C20H20Br2FNO3/c1-11-5-13(19(23)17(6-11)24-14-3-2-4-14)10-27-20-15(21)7-12(8-16(20)22)9-18(25)26/h5-8,14,24H,2-4,9-10H2,1H3,(H,25,26). The van der Waals surface area contributed by atoms with E-state index < -0.39 is 5.97 Å². The maximum Gasteiger partial charge on any atom is 0.307 e. The van der Waals surface area contributed by atoms with Gasteiger partial charge < -0.3 is 15.2 Å². The Labute approximate surface area is 174 Å². The number of nitrogens with one attached hydrogen (secondary N) is 1. The summed E-state index contributed by atoms with van der Waals surface area (Å²) in [4.78, 5) is 10.9. The Morgan fingerprint density at radius 2 is 1.93 bits per heavy atom. The molecule has 0 spiro atoms. The number of benzene rings is 2. The Balaban J connectivity index is 1.77. The van der Waals surface area contributed by atoms with Crippen LogP contribution < -0.4 is 10.1 Å². The summed E-state index contributed by atoms with van der Waals surface area (Å²) >= 11 is 6.81. The first kappa shape index (κ1) is 20.1. The molecule has 1 aliphatic carbocycles. The van der Waals surface area contributed by atoms with Crippen LogP contribution >= 0.6 is 31.9 Å². The third-order valence-corrected chi connectivity index (χ3v) is 5.72. The van der Waals surface area contributed by atoms with Crippen molar-refractivity contribution in [3.05, 3.63) is 55.7 Å². The quantitative estimate of drug-likeness (QED) is 0.502. The van der Waals surface area contributed by atoms with E-state index in [4.69, 9.17) is 9.84 Å². The molecule has 0 unspecified atom stereocenters. The summed E-state index contributed by atoms with van der Waals surface area (Å²) in [5.74, 6) is -0.684. The lowest BCUT2D eigenvalue weighted by Crippen LogP contribution is -2.27. The van der Waals surface area contributed by atoms with Crippen molar-refractivity contribution in [3.8, 4) is 5.75 Å². The predicted octanol–water partition coefficient (Wildman–Crippen LogP) is 5.83. The van der Waals surface area contributed by atoms with E-state index >= 15 is 0 Å². The average molecular weight is 501 g/mol. The fourth-order valence-corrected chi connectivity index (χ4v) is 4.51. The molecule has 0 bridgehead atoms. The van der Waals surface area contributed by atoms with Gasteiger partial charge in [-0.1, -0.05) is 0 Å². The summed E-state index contributed by atoms with van der Waals surface area (Å²) in [5, 5.41) is 12.2. The van der Waals surface area contributed by atoms with E-state index in [-0.39, 0.29) is 18.8 Å². The number of carboxylic acid groups (broad SMARTS) is 1. The number of rotatable bonds is 7. The Morgan fingerprint density at radius 1 is 1.26 bits per heavy atom. The maximum absolute atomic E-state index is 14.9. The third kappa shape index (κ3) is 5.02. The topological polar surface area (TPSA) is 58.6 Å². The van der Waals surface area contributed by atoms with Crippen LogP contribution in [0.5, 0.6) is 5.75 Å². The molecule has 0 radical (unpaired) electrons. The normalized spacial score (nSPS) is 13.9. The monoisotopic (exact) mass is 499 g/mol. The van der Waals surface area contributed by atoms with Gasteiger partial charge >= 0.3 is 5.97 Å². The summed E-state index contributed by atoms with van der Waals surface area (Å²) in [6.07, 6.45) is 3.24. The van der Waals surface area contributed by atoms with Gasteiger partial charge in [0.2, 0.25) is 0 Å².